The van der Waals surface area contributed by atoms with E-state index in [9.17, 15) is 0 Å². The molecule has 2 heterocycles. The van der Waals surface area contributed by atoms with E-state index >= 15 is 0 Å². The molecule has 0 N–H and O–H groups in total. The Morgan fingerprint density at radius 1 is 0.306 bits per heavy atom. The second-order valence-electron chi connectivity index (χ2n) is 12.6. The minimum atomic E-state index is 1.13. The first-order valence-corrected chi connectivity index (χ1v) is 18.2. The molecule has 230 valence electrons. The molecule has 1 nitrogen and oxygen atoms in total. The highest BCUT2D eigenvalue weighted by Crippen LogP contribution is 2.44. The van der Waals surface area contributed by atoms with Crippen molar-refractivity contribution in [2.45, 2.75) is 0 Å². The Hall–Kier alpha value is -5.74. The van der Waals surface area contributed by atoms with Gasteiger partial charge < -0.3 is 4.90 Å². The highest BCUT2D eigenvalue weighted by Gasteiger charge is 2.17. The fourth-order valence-electron chi connectivity index (χ4n) is 7.29. The van der Waals surface area contributed by atoms with E-state index in [-0.39, 0.29) is 0 Å². The molecule has 0 aliphatic carbocycles. The van der Waals surface area contributed by atoms with Crippen molar-refractivity contribution in [1.29, 1.82) is 0 Å². The third-order valence-electron chi connectivity index (χ3n) is 9.65. The van der Waals surface area contributed by atoms with Gasteiger partial charge in [0.15, 0.2) is 0 Å². The molecule has 0 fully saturated rings. The van der Waals surface area contributed by atoms with Crippen LogP contribution in [0.4, 0.5) is 17.1 Å². The predicted octanol–water partition coefficient (Wildman–Crippen LogP) is 14.4. The number of hydrogen-bond donors (Lipinski definition) is 0. The van der Waals surface area contributed by atoms with Gasteiger partial charge in [-0.15, -0.1) is 22.7 Å². The molecule has 0 aliphatic rings. The lowest BCUT2D eigenvalue weighted by molar-refractivity contribution is 1.30. The van der Waals surface area contributed by atoms with Crippen LogP contribution in [0, 0.1) is 0 Å². The Bertz CT molecular complexity index is 2710. The van der Waals surface area contributed by atoms with Crippen LogP contribution in [-0.4, -0.2) is 0 Å². The summed E-state index contributed by atoms with van der Waals surface area (Å²) in [7, 11) is 0. The van der Waals surface area contributed by atoms with Crippen molar-refractivity contribution in [3.8, 4) is 22.3 Å². The lowest BCUT2D eigenvalue weighted by Gasteiger charge is -2.26. The highest BCUT2D eigenvalue weighted by molar-refractivity contribution is 7.26. The summed E-state index contributed by atoms with van der Waals surface area (Å²) in [4.78, 5) is 2.41. The zero-order valence-electron chi connectivity index (χ0n) is 26.5. The first-order chi connectivity index (χ1) is 24.3. The maximum Gasteiger partial charge on any atom is 0.0476 e. The van der Waals surface area contributed by atoms with Gasteiger partial charge in [0.1, 0.15) is 0 Å². The highest BCUT2D eigenvalue weighted by atomic mass is 32.1. The van der Waals surface area contributed by atoms with Crippen molar-refractivity contribution in [3.63, 3.8) is 0 Å². The topological polar surface area (TPSA) is 3.24 Å². The Morgan fingerprint density at radius 3 is 1.45 bits per heavy atom. The second-order valence-corrected chi connectivity index (χ2v) is 14.7. The van der Waals surface area contributed by atoms with Crippen LogP contribution >= 0.6 is 22.7 Å². The lowest BCUT2D eigenvalue weighted by Crippen LogP contribution is -2.09. The number of hydrogen-bond acceptors (Lipinski definition) is 3. The van der Waals surface area contributed by atoms with Crippen LogP contribution in [0.2, 0.25) is 0 Å². The average Bonchev–Trinajstić information content (AvgIpc) is 3.73. The summed E-state index contributed by atoms with van der Waals surface area (Å²) in [6.07, 6.45) is 0. The molecule has 10 rings (SSSR count). The van der Waals surface area contributed by atoms with E-state index in [0.717, 1.165) is 17.1 Å². The summed E-state index contributed by atoms with van der Waals surface area (Å²) >= 11 is 3.73. The van der Waals surface area contributed by atoms with Gasteiger partial charge in [0, 0.05) is 57.4 Å². The molecule has 0 unspecified atom stereocenters. The largest absolute Gasteiger partial charge is 0.310 e. The van der Waals surface area contributed by atoms with E-state index in [1.807, 2.05) is 22.7 Å². The smallest absolute Gasteiger partial charge is 0.0476 e. The molecular weight excluding hydrogens is 631 g/mol. The number of benzene rings is 8. The van der Waals surface area contributed by atoms with Crippen LogP contribution in [0.5, 0.6) is 0 Å². The molecule has 0 saturated carbocycles. The van der Waals surface area contributed by atoms with Crippen molar-refractivity contribution in [2.24, 2.45) is 0 Å². The normalized spacial score (nSPS) is 11.7. The lowest BCUT2D eigenvalue weighted by atomic mass is 9.93. The van der Waals surface area contributed by atoms with Crippen molar-refractivity contribution in [2.75, 3.05) is 4.90 Å². The molecule has 10 aromatic rings. The van der Waals surface area contributed by atoms with E-state index < -0.39 is 0 Å². The number of thiophene rings is 2. The maximum atomic E-state index is 2.41. The summed E-state index contributed by atoms with van der Waals surface area (Å²) < 4.78 is 5.24. The fraction of sp³-hybridized carbons (Fsp3) is 0. The Morgan fingerprint density at radius 2 is 0.816 bits per heavy atom. The quantitative estimate of drug-likeness (QED) is 0.178. The number of rotatable bonds is 5. The van der Waals surface area contributed by atoms with Crippen LogP contribution in [0.1, 0.15) is 0 Å². The van der Waals surface area contributed by atoms with Gasteiger partial charge in [0.25, 0.3) is 0 Å². The van der Waals surface area contributed by atoms with Crippen molar-refractivity contribution in [3.05, 3.63) is 176 Å². The summed E-state index contributed by atoms with van der Waals surface area (Å²) in [5, 5.41) is 7.77. The molecule has 8 aromatic carbocycles. The minimum absolute atomic E-state index is 1.13. The molecule has 2 aromatic heterocycles. The summed E-state index contributed by atoms with van der Waals surface area (Å²) in [6, 6.07) is 64.5. The van der Waals surface area contributed by atoms with Crippen molar-refractivity contribution in [1.82, 2.24) is 0 Å². The first kappa shape index (κ1) is 28.3. The van der Waals surface area contributed by atoms with E-state index in [1.165, 1.54) is 73.4 Å². The van der Waals surface area contributed by atoms with Gasteiger partial charge in [-0.1, -0.05) is 115 Å². The van der Waals surface area contributed by atoms with Crippen LogP contribution in [-0.2, 0) is 0 Å². The van der Waals surface area contributed by atoms with Gasteiger partial charge in [-0.3, -0.25) is 0 Å². The van der Waals surface area contributed by atoms with Crippen LogP contribution in [0.3, 0.4) is 0 Å². The molecule has 0 saturated heterocycles. The van der Waals surface area contributed by atoms with E-state index in [2.05, 4.69) is 181 Å². The SMILES string of the molecule is c1ccc(-c2cc(-c3ccc(N(c4ccc5c(c4)sc4ccccc45)c4ccc5c(c4)sc4ccccc45)cc3)c3ccccc3c2)cc1. The Balaban J connectivity index is 1.13. The fourth-order valence-corrected chi connectivity index (χ4v) is 9.57. The minimum Gasteiger partial charge on any atom is -0.310 e. The second kappa shape index (κ2) is 11.5. The van der Waals surface area contributed by atoms with Crippen LogP contribution in [0.15, 0.2) is 176 Å². The summed E-state index contributed by atoms with van der Waals surface area (Å²) in [5.41, 5.74) is 8.35. The number of nitrogens with zero attached hydrogens (tertiary/aromatic N) is 1. The number of fused-ring (bicyclic) bond motifs is 7. The summed E-state index contributed by atoms with van der Waals surface area (Å²) in [6.45, 7) is 0. The number of anilines is 3. The molecule has 0 aliphatic heterocycles. The molecule has 0 spiro atoms. The van der Waals surface area contributed by atoms with Gasteiger partial charge in [-0.05, 0) is 93.7 Å². The van der Waals surface area contributed by atoms with Gasteiger partial charge >= 0.3 is 0 Å². The standard InChI is InChI=1S/C46H29NS2/c1-2-10-30(11-3-1)33-26-32-12-4-5-13-37(32)42(27-33)31-18-20-34(21-19-31)47(35-22-24-40-38-14-6-8-16-43(38)48-45(40)28-35)36-23-25-41-39-15-7-9-17-44(39)49-46(41)29-36/h1-29H. The molecule has 0 radical (unpaired) electrons. The third kappa shape index (κ3) is 4.82. The molecule has 0 atom stereocenters. The van der Waals surface area contributed by atoms with E-state index in [0.29, 0.717) is 0 Å². The molecule has 0 amide bonds. The Labute approximate surface area is 292 Å². The third-order valence-corrected chi connectivity index (χ3v) is 11.9. The zero-order valence-corrected chi connectivity index (χ0v) is 28.1. The monoisotopic (exact) mass is 659 g/mol. The Kier molecular flexibility index (Phi) is 6.61. The van der Waals surface area contributed by atoms with Crippen molar-refractivity contribution >= 4 is 90.9 Å². The maximum absolute atomic E-state index is 2.41. The average molecular weight is 660 g/mol. The first-order valence-electron chi connectivity index (χ1n) is 16.6. The van der Waals surface area contributed by atoms with Gasteiger partial charge in [0.2, 0.25) is 0 Å². The summed E-state index contributed by atoms with van der Waals surface area (Å²) in [5.74, 6) is 0. The van der Waals surface area contributed by atoms with Gasteiger partial charge in [-0.2, -0.15) is 0 Å². The van der Waals surface area contributed by atoms with E-state index in [4.69, 9.17) is 0 Å². The molecule has 0 bridgehead atoms. The van der Waals surface area contributed by atoms with E-state index in [1.54, 1.807) is 0 Å². The van der Waals surface area contributed by atoms with Crippen LogP contribution in [0.25, 0.3) is 73.4 Å². The molecular formula is C46H29NS2. The van der Waals surface area contributed by atoms with Crippen LogP contribution < -0.4 is 4.90 Å². The molecule has 3 heteroatoms. The predicted molar refractivity (Wildman–Crippen MR) is 215 cm³/mol. The zero-order chi connectivity index (χ0) is 32.3. The van der Waals surface area contributed by atoms with Gasteiger partial charge in [-0.25, -0.2) is 0 Å². The molecule has 49 heavy (non-hydrogen) atoms. The van der Waals surface area contributed by atoms with Gasteiger partial charge in [0.05, 0.1) is 0 Å². The van der Waals surface area contributed by atoms with Crippen molar-refractivity contribution < 1.29 is 0 Å².